The standard InChI is InChI=1S/C15H14FN3O/c1-9-7-10(4-5-12(9)16)13-14(17)19-6-2-3-11(8-20)15(19)18-13/h2-7,20H,8,17H2,1H3. The van der Waals surface area contributed by atoms with Gasteiger partial charge in [-0.05, 0) is 36.8 Å². The first-order chi connectivity index (χ1) is 9.61. The van der Waals surface area contributed by atoms with Crippen molar-refractivity contribution in [3.63, 3.8) is 0 Å². The van der Waals surface area contributed by atoms with E-state index >= 15 is 0 Å². The molecule has 0 saturated heterocycles. The van der Waals surface area contributed by atoms with E-state index in [1.807, 2.05) is 0 Å². The summed E-state index contributed by atoms with van der Waals surface area (Å²) in [7, 11) is 0. The minimum atomic E-state index is -0.257. The molecular formula is C15H14FN3O. The lowest BCUT2D eigenvalue weighted by atomic mass is 10.1. The van der Waals surface area contributed by atoms with Gasteiger partial charge in [-0.2, -0.15) is 0 Å². The van der Waals surface area contributed by atoms with Crippen LogP contribution in [0.15, 0.2) is 36.5 Å². The van der Waals surface area contributed by atoms with Gasteiger partial charge >= 0.3 is 0 Å². The molecule has 5 heteroatoms. The van der Waals surface area contributed by atoms with Crippen molar-refractivity contribution in [2.24, 2.45) is 0 Å². The highest BCUT2D eigenvalue weighted by Crippen LogP contribution is 2.28. The van der Waals surface area contributed by atoms with E-state index in [0.717, 1.165) is 5.56 Å². The Morgan fingerprint density at radius 2 is 2.15 bits per heavy atom. The molecule has 102 valence electrons. The van der Waals surface area contributed by atoms with Crippen LogP contribution in [0.25, 0.3) is 16.9 Å². The normalized spacial score (nSPS) is 11.2. The molecule has 1 aromatic carbocycles. The van der Waals surface area contributed by atoms with E-state index in [0.29, 0.717) is 28.3 Å². The Balaban J connectivity index is 2.26. The van der Waals surface area contributed by atoms with Gasteiger partial charge in [0.05, 0.1) is 6.61 Å². The summed E-state index contributed by atoms with van der Waals surface area (Å²) in [5.41, 5.74) is 9.31. The summed E-state index contributed by atoms with van der Waals surface area (Å²) < 4.78 is 15.1. The molecule has 2 heterocycles. The molecule has 0 fully saturated rings. The summed E-state index contributed by atoms with van der Waals surface area (Å²) in [6.07, 6.45) is 1.79. The molecule has 0 atom stereocenters. The Labute approximate surface area is 115 Å². The molecule has 0 amide bonds. The van der Waals surface area contributed by atoms with Gasteiger partial charge < -0.3 is 10.8 Å². The van der Waals surface area contributed by atoms with Gasteiger partial charge in [-0.25, -0.2) is 9.37 Å². The van der Waals surface area contributed by atoms with Crippen molar-refractivity contribution >= 4 is 11.5 Å². The number of imidazole rings is 1. The molecule has 2 aromatic heterocycles. The summed E-state index contributed by atoms with van der Waals surface area (Å²) in [5, 5.41) is 9.34. The maximum absolute atomic E-state index is 13.3. The molecular weight excluding hydrogens is 257 g/mol. The van der Waals surface area contributed by atoms with E-state index in [9.17, 15) is 9.50 Å². The van der Waals surface area contributed by atoms with Crippen LogP contribution in [0.5, 0.6) is 0 Å². The number of aryl methyl sites for hydroxylation is 1. The zero-order valence-corrected chi connectivity index (χ0v) is 11.0. The highest BCUT2D eigenvalue weighted by Gasteiger charge is 2.14. The second kappa shape index (κ2) is 4.61. The maximum atomic E-state index is 13.3. The van der Waals surface area contributed by atoms with Gasteiger partial charge in [0.25, 0.3) is 0 Å². The van der Waals surface area contributed by atoms with Crippen molar-refractivity contribution in [1.29, 1.82) is 0 Å². The van der Waals surface area contributed by atoms with Crippen LogP contribution in [0, 0.1) is 12.7 Å². The quantitative estimate of drug-likeness (QED) is 0.752. The summed E-state index contributed by atoms with van der Waals surface area (Å²) >= 11 is 0. The number of hydrogen-bond donors (Lipinski definition) is 2. The first-order valence-electron chi connectivity index (χ1n) is 6.24. The van der Waals surface area contributed by atoms with Crippen molar-refractivity contribution in [1.82, 2.24) is 9.38 Å². The minimum absolute atomic E-state index is 0.108. The third-order valence-electron chi connectivity index (χ3n) is 3.37. The first-order valence-corrected chi connectivity index (χ1v) is 6.24. The molecule has 0 aliphatic heterocycles. The molecule has 20 heavy (non-hydrogen) atoms. The molecule has 0 aliphatic rings. The maximum Gasteiger partial charge on any atom is 0.144 e. The SMILES string of the molecule is Cc1cc(-c2nc3c(CO)cccn3c2N)ccc1F. The average molecular weight is 271 g/mol. The summed E-state index contributed by atoms with van der Waals surface area (Å²) in [4.78, 5) is 4.48. The van der Waals surface area contributed by atoms with Gasteiger partial charge in [-0.3, -0.25) is 4.40 Å². The van der Waals surface area contributed by atoms with Gasteiger partial charge in [-0.1, -0.05) is 6.07 Å². The van der Waals surface area contributed by atoms with Gasteiger partial charge in [-0.15, -0.1) is 0 Å². The summed E-state index contributed by atoms with van der Waals surface area (Å²) in [6.45, 7) is 1.59. The molecule has 3 N–H and O–H groups in total. The van der Waals surface area contributed by atoms with Crippen LogP contribution in [0.3, 0.4) is 0 Å². The van der Waals surface area contributed by atoms with Crippen molar-refractivity contribution < 1.29 is 9.50 Å². The fraction of sp³-hybridized carbons (Fsp3) is 0.133. The molecule has 0 saturated carbocycles. The van der Waals surface area contributed by atoms with Crippen molar-refractivity contribution in [2.75, 3.05) is 5.73 Å². The Hall–Kier alpha value is -2.40. The number of aromatic nitrogens is 2. The number of benzene rings is 1. The number of anilines is 1. The van der Waals surface area contributed by atoms with E-state index in [-0.39, 0.29) is 12.4 Å². The summed E-state index contributed by atoms with van der Waals surface area (Å²) in [5.74, 6) is 0.216. The minimum Gasteiger partial charge on any atom is -0.392 e. The predicted molar refractivity (Wildman–Crippen MR) is 75.7 cm³/mol. The lowest BCUT2D eigenvalue weighted by Crippen LogP contribution is -1.96. The van der Waals surface area contributed by atoms with E-state index in [4.69, 9.17) is 5.73 Å². The molecule has 0 spiro atoms. The second-order valence-corrected chi connectivity index (χ2v) is 4.69. The third kappa shape index (κ3) is 1.83. The van der Waals surface area contributed by atoms with Crippen molar-refractivity contribution in [3.05, 3.63) is 53.5 Å². The van der Waals surface area contributed by atoms with E-state index in [1.54, 1.807) is 41.8 Å². The smallest absolute Gasteiger partial charge is 0.144 e. The van der Waals surface area contributed by atoms with Crippen LogP contribution >= 0.6 is 0 Å². The van der Waals surface area contributed by atoms with E-state index < -0.39 is 0 Å². The second-order valence-electron chi connectivity index (χ2n) is 4.69. The largest absolute Gasteiger partial charge is 0.392 e. The number of hydrogen-bond acceptors (Lipinski definition) is 3. The highest BCUT2D eigenvalue weighted by atomic mass is 19.1. The number of halogens is 1. The van der Waals surface area contributed by atoms with Gasteiger partial charge in [0, 0.05) is 17.3 Å². The predicted octanol–water partition coefficient (Wildman–Crippen LogP) is 2.52. The van der Waals surface area contributed by atoms with Crippen molar-refractivity contribution in [2.45, 2.75) is 13.5 Å². The molecule has 3 rings (SSSR count). The highest BCUT2D eigenvalue weighted by molar-refractivity contribution is 5.76. The Kier molecular flexibility index (Phi) is 2.91. The number of pyridine rings is 1. The molecule has 0 radical (unpaired) electrons. The van der Waals surface area contributed by atoms with Gasteiger partial charge in [0.15, 0.2) is 0 Å². The number of nitrogen functional groups attached to an aromatic ring is 1. The number of nitrogens with zero attached hydrogens (tertiary/aromatic N) is 2. The van der Waals surface area contributed by atoms with Crippen LogP contribution < -0.4 is 5.73 Å². The van der Waals surface area contributed by atoms with Crippen LogP contribution in [0.4, 0.5) is 10.2 Å². The Morgan fingerprint density at radius 1 is 1.35 bits per heavy atom. The topological polar surface area (TPSA) is 63.5 Å². The zero-order chi connectivity index (χ0) is 14.3. The number of aliphatic hydroxyl groups is 1. The van der Waals surface area contributed by atoms with Crippen LogP contribution in [-0.4, -0.2) is 14.5 Å². The fourth-order valence-electron chi connectivity index (χ4n) is 2.27. The van der Waals surface area contributed by atoms with Crippen LogP contribution in [0.1, 0.15) is 11.1 Å². The number of fused-ring (bicyclic) bond motifs is 1. The van der Waals surface area contributed by atoms with Gasteiger partial charge in [0.2, 0.25) is 0 Å². The Bertz CT molecular complexity index is 795. The molecule has 4 nitrogen and oxygen atoms in total. The van der Waals surface area contributed by atoms with Crippen LogP contribution in [-0.2, 0) is 6.61 Å². The fourth-order valence-corrected chi connectivity index (χ4v) is 2.27. The van der Waals surface area contributed by atoms with Crippen LogP contribution in [0.2, 0.25) is 0 Å². The lowest BCUT2D eigenvalue weighted by Gasteiger charge is -2.02. The monoisotopic (exact) mass is 271 g/mol. The molecule has 0 aliphatic carbocycles. The average Bonchev–Trinajstić information content (AvgIpc) is 2.79. The van der Waals surface area contributed by atoms with E-state index in [2.05, 4.69) is 4.98 Å². The number of rotatable bonds is 2. The molecule has 0 bridgehead atoms. The lowest BCUT2D eigenvalue weighted by molar-refractivity contribution is 0.282. The van der Waals surface area contributed by atoms with E-state index in [1.165, 1.54) is 6.07 Å². The summed E-state index contributed by atoms with van der Waals surface area (Å²) in [6, 6.07) is 8.37. The zero-order valence-electron chi connectivity index (χ0n) is 11.0. The first kappa shape index (κ1) is 12.6. The third-order valence-corrected chi connectivity index (χ3v) is 3.37. The number of nitrogens with two attached hydrogens (primary N) is 1. The molecule has 3 aromatic rings. The Morgan fingerprint density at radius 3 is 2.85 bits per heavy atom. The molecule has 0 unspecified atom stereocenters. The van der Waals surface area contributed by atoms with Crippen molar-refractivity contribution in [3.8, 4) is 11.3 Å². The number of aliphatic hydroxyl groups excluding tert-OH is 1. The van der Waals surface area contributed by atoms with Gasteiger partial charge in [0.1, 0.15) is 23.0 Å².